The van der Waals surface area contributed by atoms with Crippen LogP contribution in [0.3, 0.4) is 0 Å². The van der Waals surface area contributed by atoms with Crippen LogP contribution in [0.4, 0.5) is 0 Å². The summed E-state index contributed by atoms with van der Waals surface area (Å²) in [5, 5.41) is 0. The topological polar surface area (TPSA) is 165 Å². The predicted molar refractivity (Wildman–Crippen MR) is 266 cm³/mol. The summed E-state index contributed by atoms with van der Waals surface area (Å²) in [4.78, 5) is 15.6. The molecule has 0 unspecified atom stereocenters. The normalized spacial score (nSPS) is 11.2. The quantitative estimate of drug-likeness (QED) is 0.0448. The average molecular weight is 920 g/mol. The summed E-state index contributed by atoms with van der Waals surface area (Å²) < 4.78 is 44.2. The molecule has 0 amide bonds. The second-order valence-electron chi connectivity index (χ2n) is 15.6. The zero-order valence-electron chi connectivity index (χ0n) is 38.9. The van der Waals surface area contributed by atoms with Crippen LogP contribution in [-0.2, 0) is 41.5 Å². The van der Waals surface area contributed by atoms with E-state index in [2.05, 4.69) is 72.8 Å². The Hall–Kier alpha value is -6.39. The zero-order valence-corrected chi connectivity index (χ0v) is 38.9. The van der Waals surface area contributed by atoms with Gasteiger partial charge in [0.25, 0.3) is 0 Å². The van der Waals surface area contributed by atoms with Crippen molar-refractivity contribution in [2.75, 3.05) is 93.5 Å². The monoisotopic (exact) mass is 919 g/mol. The molecule has 0 bridgehead atoms. The van der Waals surface area contributed by atoms with E-state index in [1.807, 2.05) is 66.7 Å². The van der Waals surface area contributed by atoms with Gasteiger partial charge in [0, 0.05) is 38.4 Å². The van der Waals surface area contributed by atoms with Gasteiger partial charge in [0.1, 0.15) is 24.7 Å². The third-order valence-electron chi connectivity index (χ3n) is 10.9. The maximum atomic E-state index is 5.98. The van der Waals surface area contributed by atoms with Crippen molar-refractivity contribution >= 4 is 0 Å². The van der Waals surface area contributed by atoms with E-state index in [1.54, 1.807) is 14.2 Å². The van der Waals surface area contributed by atoms with Gasteiger partial charge in [0.05, 0.1) is 100 Å². The molecule has 0 radical (unpaired) electrons. The van der Waals surface area contributed by atoms with Crippen LogP contribution in [-0.4, -0.2) is 108 Å². The van der Waals surface area contributed by atoms with E-state index < -0.39 is 0 Å². The molecule has 4 aromatic carbocycles. The summed E-state index contributed by atoms with van der Waals surface area (Å²) in [5.41, 5.74) is 24.4. The highest BCUT2D eigenvalue weighted by molar-refractivity contribution is 5.79. The van der Waals surface area contributed by atoms with Crippen LogP contribution in [0.15, 0.2) is 140 Å². The lowest BCUT2D eigenvalue weighted by Gasteiger charge is -2.13. The number of nitrogens with zero attached hydrogens (tertiary/aromatic N) is 3. The minimum Gasteiger partial charge on any atom is -0.491 e. The molecule has 7 rings (SSSR count). The molecule has 0 saturated carbocycles. The molecule has 3 heterocycles. The van der Waals surface area contributed by atoms with Crippen LogP contribution in [0.1, 0.15) is 11.1 Å². The lowest BCUT2D eigenvalue weighted by atomic mass is 10.00. The van der Waals surface area contributed by atoms with Crippen molar-refractivity contribution < 1.29 is 37.9 Å². The molecule has 0 aliphatic rings. The molecule has 4 N–H and O–H groups in total. The lowest BCUT2D eigenvalue weighted by Crippen LogP contribution is -2.12. The molecule has 0 saturated heterocycles. The van der Waals surface area contributed by atoms with E-state index in [4.69, 9.17) is 64.3 Å². The highest BCUT2D eigenvalue weighted by Crippen LogP contribution is 2.34. The number of rotatable bonds is 28. The van der Waals surface area contributed by atoms with Gasteiger partial charge in [-0.2, -0.15) is 0 Å². The Bertz CT molecular complexity index is 2400. The first-order valence-electron chi connectivity index (χ1n) is 22.9. The van der Waals surface area contributed by atoms with Crippen LogP contribution in [0.25, 0.3) is 67.5 Å². The lowest BCUT2D eigenvalue weighted by molar-refractivity contribution is 0.0180. The summed E-state index contributed by atoms with van der Waals surface area (Å²) in [6, 6.07) is 46.8. The predicted octanol–water partition coefficient (Wildman–Crippen LogP) is 8.91. The Kier molecular flexibility index (Phi) is 19.5. The molecule has 354 valence electrons. The number of aromatic nitrogens is 3. The largest absolute Gasteiger partial charge is 0.491 e. The number of pyridine rings is 3. The fraction of sp³-hybridized carbons (Fsp3) is 0.291. The fourth-order valence-corrected chi connectivity index (χ4v) is 7.15. The van der Waals surface area contributed by atoms with Crippen LogP contribution in [0, 0.1) is 0 Å². The number of hydrogen-bond donors (Lipinski definition) is 2. The van der Waals surface area contributed by atoms with Gasteiger partial charge in [-0.15, -0.1) is 0 Å². The van der Waals surface area contributed by atoms with Gasteiger partial charge in [0.15, 0.2) is 0 Å². The van der Waals surface area contributed by atoms with Crippen molar-refractivity contribution in [3.63, 3.8) is 0 Å². The van der Waals surface area contributed by atoms with E-state index in [0.29, 0.717) is 104 Å². The van der Waals surface area contributed by atoms with Gasteiger partial charge >= 0.3 is 0 Å². The minimum atomic E-state index is 0.424. The molecule has 0 spiro atoms. The molecular formula is C55H61N5O8. The summed E-state index contributed by atoms with van der Waals surface area (Å²) >= 11 is 0. The van der Waals surface area contributed by atoms with Gasteiger partial charge in [0.2, 0.25) is 0 Å². The summed E-state index contributed by atoms with van der Waals surface area (Å²) in [5.74, 6) is 1.50. The summed E-state index contributed by atoms with van der Waals surface area (Å²) in [6.45, 7) is 6.92. The van der Waals surface area contributed by atoms with Crippen molar-refractivity contribution in [3.05, 3.63) is 151 Å². The van der Waals surface area contributed by atoms with E-state index in [1.165, 1.54) is 0 Å². The van der Waals surface area contributed by atoms with Crippen LogP contribution in [0.5, 0.6) is 11.5 Å². The Labute approximate surface area is 399 Å². The Balaban J connectivity index is 1.13. The van der Waals surface area contributed by atoms with Crippen molar-refractivity contribution in [1.29, 1.82) is 0 Å². The molecule has 13 nitrogen and oxygen atoms in total. The first-order chi connectivity index (χ1) is 33.5. The van der Waals surface area contributed by atoms with E-state index in [9.17, 15) is 0 Å². The Morgan fingerprint density at radius 2 is 0.647 bits per heavy atom. The number of nitrogens with two attached hydrogens (primary N) is 2. The summed E-state index contributed by atoms with van der Waals surface area (Å²) in [6.07, 6.45) is 0. The molecular weight excluding hydrogens is 859 g/mol. The van der Waals surface area contributed by atoms with Crippen molar-refractivity contribution in [1.82, 2.24) is 15.0 Å². The summed E-state index contributed by atoms with van der Waals surface area (Å²) in [7, 11) is 3.30. The minimum absolute atomic E-state index is 0.424. The highest BCUT2D eigenvalue weighted by atomic mass is 16.6. The van der Waals surface area contributed by atoms with Crippen molar-refractivity contribution in [3.8, 4) is 79.0 Å². The zero-order chi connectivity index (χ0) is 47.2. The maximum Gasteiger partial charge on any atom is 0.119 e. The average Bonchev–Trinajstić information content (AvgIpc) is 3.40. The number of ether oxygens (including phenoxy) is 8. The van der Waals surface area contributed by atoms with Crippen LogP contribution in [0.2, 0.25) is 0 Å². The standard InChI is InChI=1S/C55H61N5O8/c1-61-22-24-63-26-28-65-30-32-67-48-18-14-42(15-19-48)46-34-52(44-10-6-40(38-56)7-11-44)59-54(36-46)50-4-3-5-51(58-50)55-37-47(35-53(60-55)45-12-8-41(39-57)9-13-45)43-16-20-49(21-17-43)68-33-31-66-29-27-64-25-23-62-2/h3-21,34-37H,22-33,38-39,56-57H2,1-2H3. The maximum absolute atomic E-state index is 5.98. The third kappa shape index (κ3) is 14.8. The molecule has 0 atom stereocenters. The van der Waals surface area contributed by atoms with Crippen LogP contribution < -0.4 is 20.9 Å². The van der Waals surface area contributed by atoms with Crippen LogP contribution >= 0.6 is 0 Å². The molecule has 3 aromatic heterocycles. The Morgan fingerprint density at radius 3 is 1.01 bits per heavy atom. The molecule has 68 heavy (non-hydrogen) atoms. The second kappa shape index (κ2) is 26.8. The molecule has 13 heteroatoms. The smallest absolute Gasteiger partial charge is 0.119 e. The molecule has 7 aromatic rings. The second-order valence-corrected chi connectivity index (χ2v) is 15.6. The molecule has 0 fully saturated rings. The molecule has 0 aliphatic carbocycles. The van der Waals surface area contributed by atoms with E-state index in [-0.39, 0.29) is 0 Å². The number of benzene rings is 4. The first-order valence-corrected chi connectivity index (χ1v) is 22.9. The SMILES string of the molecule is COCCOCCOCCOc1ccc(-c2cc(-c3ccc(CN)cc3)nc(-c3cccc(-c4cc(-c5ccc(OCCOCCOCCOC)cc5)cc(-c5ccc(CN)cc5)n4)n3)c2)cc1. The van der Waals surface area contributed by atoms with Gasteiger partial charge in [-0.1, -0.05) is 78.9 Å². The van der Waals surface area contributed by atoms with E-state index >= 15 is 0 Å². The number of hydrogen-bond acceptors (Lipinski definition) is 13. The van der Waals surface area contributed by atoms with E-state index in [0.717, 1.165) is 78.8 Å². The Morgan fingerprint density at radius 1 is 0.324 bits per heavy atom. The van der Waals surface area contributed by atoms with Crippen molar-refractivity contribution in [2.24, 2.45) is 11.5 Å². The third-order valence-corrected chi connectivity index (χ3v) is 10.9. The van der Waals surface area contributed by atoms with Crippen molar-refractivity contribution in [2.45, 2.75) is 13.1 Å². The highest BCUT2D eigenvalue weighted by Gasteiger charge is 2.15. The van der Waals surface area contributed by atoms with Gasteiger partial charge in [-0.3, -0.25) is 0 Å². The van der Waals surface area contributed by atoms with Gasteiger partial charge in [-0.05, 0) is 94.0 Å². The molecule has 0 aliphatic heterocycles. The van der Waals surface area contributed by atoms with Gasteiger partial charge in [-0.25, -0.2) is 15.0 Å². The first kappa shape index (κ1) is 49.5. The number of methoxy groups -OCH3 is 2. The van der Waals surface area contributed by atoms with Gasteiger partial charge < -0.3 is 49.4 Å². The fourth-order valence-electron chi connectivity index (χ4n) is 7.15.